The summed E-state index contributed by atoms with van der Waals surface area (Å²) in [5, 5.41) is 4.71. The molecule has 0 radical (unpaired) electrons. The molecule has 7 aromatic carbocycles. The molecule has 0 bridgehead atoms. The van der Waals surface area contributed by atoms with Gasteiger partial charge in [-0.15, -0.1) is 11.3 Å². The molecule has 3 nitrogen and oxygen atoms in total. The molecule has 0 amide bonds. The maximum absolute atomic E-state index is 6.50. The third-order valence-electron chi connectivity index (χ3n) is 10.1. The van der Waals surface area contributed by atoms with Crippen molar-refractivity contribution in [3.8, 4) is 22.6 Å². The number of oxazole rings is 1. The second-order valence-corrected chi connectivity index (χ2v) is 14.3. The smallest absolute Gasteiger partial charge is 0.227 e. The van der Waals surface area contributed by atoms with E-state index in [0.717, 1.165) is 44.5 Å². The third kappa shape index (κ3) is 3.96. The molecule has 2 aromatic heterocycles. The van der Waals surface area contributed by atoms with Crippen LogP contribution in [0.3, 0.4) is 0 Å². The summed E-state index contributed by atoms with van der Waals surface area (Å²) < 4.78 is 9.10. The van der Waals surface area contributed by atoms with Gasteiger partial charge in [-0.2, -0.15) is 0 Å². The summed E-state index contributed by atoms with van der Waals surface area (Å²) in [6, 6.07) is 52.4. The third-order valence-corrected chi connectivity index (χ3v) is 11.2. The Bertz CT molecular complexity index is 2720. The minimum Gasteiger partial charge on any atom is -0.435 e. The predicted octanol–water partition coefficient (Wildman–Crippen LogP) is 12.8. The van der Waals surface area contributed by atoms with Crippen molar-refractivity contribution in [2.24, 2.45) is 0 Å². The maximum Gasteiger partial charge on any atom is 0.227 e. The number of fused-ring (bicyclic) bond motifs is 9. The van der Waals surface area contributed by atoms with Crippen LogP contribution < -0.4 is 4.90 Å². The van der Waals surface area contributed by atoms with Crippen LogP contribution in [0.25, 0.3) is 64.6 Å². The predicted molar refractivity (Wildman–Crippen MR) is 202 cm³/mol. The van der Waals surface area contributed by atoms with Gasteiger partial charge >= 0.3 is 0 Å². The molecule has 0 N–H and O–H groups in total. The highest BCUT2D eigenvalue weighted by Gasteiger charge is 2.35. The van der Waals surface area contributed by atoms with E-state index in [2.05, 4.69) is 134 Å². The summed E-state index contributed by atoms with van der Waals surface area (Å²) in [7, 11) is 0. The van der Waals surface area contributed by atoms with Crippen LogP contribution in [0.5, 0.6) is 0 Å². The summed E-state index contributed by atoms with van der Waals surface area (Å²) in [6.07, 6.45) is 0. The molecule has 0 aliphatic heterocycles. The normalized spacial score (nSPS) is 13.4. The van der Waals surface area contributed by atoms with Crippen LogP contribution in [0.15, 0.2) is 150 Å². The zero-order valence-corrected chi connectivity index (χ0v) is 27.4. The van der Waals surface area contributed by atoms with Crippen molar-refractivity contribution in [2.75, 3.05) is 4.90 Å². The first-order chi connectivity index (χ1) is 23.5. The van der Waals surface area contributed by atoms with Gasteiger partial charge in [0.2, 0.25) is 5.89 Å². The molecule has 0 spiro atoms. The molecule has 48 heavy (non-hydrogen) atoms. The fourth-order valence-corrected chi connectivity index (χ4v) is 8.84. The molecule has 4 heteroatoms. The van der Waals surface area contributed by atoms with Gasteiger partial charge in [0.05, 0.1) is 5.69 Å². The molecule has 2 heterocycles. The van der Waals surface area contributed by atoms with Gasteiger partial charge in [0, 0.05) is 53.3 Å². The Labute approximate surface area is 282 Å². The lowest BCUT2D eigenvalue weighted by atomic mass is 9.82. The Morgan fingerprint density at radius 1 is 0.562 bits per heavy atom. The molecule has 0 unspecified atom stereocenters. The van der Waals surface area contributed by atoms with E-state index in [0.29, 0.717) is 5.89 Å². The van der Waals surface area contributed by atoms with Crippen molar-refractivity contribution < 1.29 is 4.42 Å². The topological polar surface area (TPSA) is 29.3 Å². The van der Waals surface area contributed by atoms with Gasteiger partial charge in [0.15, 0.2) is 5.58 Å². The van der Waals surface area contributed by atoms with Crippen LogP contribution in [0, 0.1) is 0 Å². The van der Waals surface area contributed by atoms with Crippen LogP contribution in [0.2, 0.25) is 0 Å². The van der Waals surface area contributed by atoms with Gasteiger partial charge in [-0.05, 0) is 89.0 Å². The standard InChI is InChI=1S/C44H30N2OS/c1-44(2)36-16-8-6-13-30(36)34-25-28(19-22-37(34)44)46(29-20-24-41-35(26-29)32-14-7-9-18-40(32)48-41)39-17-10-15-33-31(39)21-23-38-42(33)47-43(45-38)27-11-4-3-5-12-27/h3-26H,1-2H3. The first-order valence-electron chi connectivity index (χ1n) is 16.4. The summed E-state index contributed by atoms with van der Waals surface area (Å²) in [4.78, 5) is 7.30. The zero-order valence-electron chi connectivity index (χ0n) is 26.6. The molecule has 10 rings (SSSR count). The van der Waals surface area contributed by atoms with Crippen molar-refractivity contribution >= 4 is 70.4 Å². The van der Waals surface area contributed by atoms with E-state index in [1.54, 1.807) is 0 Å². The molecular weight excluding hydrogens is 605 g/mol. The molecular formula is C44H30N2OS. The van der Waals surface area contributed by atoms with Gasteiger partial charge in [-0.25, -0.2) is 4.98 Å². The summed E-state index contributed by atoms with van der Waals surface area (Å²) in [5.41, 5.74) is 11.2. The zero-order chi connectivity index (χ0) is 32.0. The van der Waals surface area contributed by atoms with E-state index < -0.39 is 0 Å². The number of anilines is 3. The van der Waals surface area contributed by atoms with Gasteiger partial charge in [-0.3, -0.25) is 0 Å². The number of benzene rings is 7. The molecule has 0 saturated carbocycles. The van der Waals surface area contributed by atoms with Crippen molar-refractivity contribution in [3.63, 3.8) is 0 Å². The van der Waals surface area contributed by atoms with E-state index in [-0.39, 0.29) is 5.41 Å². The number of rotatable bonds is 4. The Hall–Kier alpha value is -5.71. The molecule has 0 fully saturated rings. The van der Waals surface area contributed by atoms with Crippen molar-refractivity contribution in [3.05, 3.63) is 157 Å². The molecule has 228 valence electrons. The lowest BCUT2D eigenvalue weighted by Gasteiger charge is -2.28. The van der Waals surface area contributed by atoms with Crippen LogP contribution in [0.4, 0.5) is 17.1 Å². The SMILES string of the molecule is CC1(C)c2ccccc2-c2cc(N(c3ccc4sc5ccccc5c4c3)c3cccc4c3ccc3nc(-c5ccccc5)oc34)ccc21. The van der Waals surface area contributed by atoms with E-state index >= 15 is 0 Å². The Morgan fingerprint density at radius 2 is 1.29 bits per heavy atom. The first kappa shape index (κ1) is 27.4. The van der Waals surface area contributed by atoms with E-state index in [1.165, 1.54) is 42.4 Å². The highest BCUT2D eigenvalue weighted by molar-refractivity contribution is 7.25. The summed E-state index contributed by atoms with van der Waals surface area (Å²) >= 11 is 1.85. The van der Waals surface area contributed by atoms with Gasteiger partial charge in [-0.1, -0.05) is 92.7 Å². The first-order valence-corrected chi connectivity index (χ1v) is 17.2. The van der Waals surface area contributed by atoms with E-state index in [4.69, 9.17) is 9.40 Å². The van der Waals surface area contributed by atoms with Crippen LogP contribution >= 0.6 is 11.3 Å². The molecule has 0 saturated heterocycles. The number of nitrogens with zero attached hydrogens (tertiary/aromatic N) is 2. The number of thiophene rings is 1. The highest BCUT2D eigenvalue weighted by atomic mass is 32.1. The lowest BCUT2D eigenvalue weighted by molar-refractivity contribution is 0.623. The maximum atomic E-state index is 6.50. The summed E-state index contributed by atoms with van der Waals surface area (Å²) in [6.45, 7) is 4.67. The Kier molecular flexibility index (Phi) is 5.79. The number of aromatic nitrogens is 1. The fraction of sp³-hybridized carbons (Fsp3) is 0.0682. The van der Waals surface area contributed by atoms with Crippen LogP contribution in [0.1, 0.15) is 25.0 Å². The molecule has 0 atom stereocenters. The minimum atomic E-state index is -0.0579. The fourth-order valence-electron chi connectivity index (χ4n) is 7.75. The monoisotopic (exact) mass is 634 g/mol. The molecule has 9 aromatic rings. The second-order valence-electron chi connectivity index (χ2n) is 13.2. The number of hydrogen-bond acceptors (Lipinski definition) is 4. The van der Waals surface area contributed by atoms with Crippen molar-refractivity contribution in [1.82, 2.24) is 4.98 Å². The summed E-state index contributed by atoms with van der Waals surface area (Å²) in [5.74, 6) is 0.634. The molecule has 1 aliphatic carbocycles. The second kappa shape index (κ2) is 10.1. The van der Waals surface area contributed by atoms with Crippen LogP contribution in [-0.4, -0.2) is 4.98 Å². The Morgan fingerprint density at radius 3 is 2.21 bits per heavy atom. The largest absolute Gasteiger partial charge is 0.435 e. The van der Waals surface area contributed by atoms with E-state index in [9.17, 15) is 0 Å². The van der Waals surface area contributed by atoms with Crippen molar-refractivity contribution in [2.45, 2.75) is 19.3 Å². The van der Waals surface area contributed by atoms with Gasteiger partial charge in [0.1, 0.15) is 5.52 Å². The van der Waals surface area contributed by atoms with Crippen LogP contribution in [-0.2, 0) is 5.41 Å². The van der Waals surface area contributed by atoms with Gasteiger partial charge in [0.25, 0.3) is 0 Å². The van der Waals surface area contributed by atoms with E-state index in [1.807, 2.05) is 41.7 Å². The number of hydrogen-bond donors (Lipinski definition) is 0. The average Bonchev–Trinajstić information content (AvgIpc) is 3.80. The van der Waals surface area contributed by atoms with Crippen molar-refractivity contribution in [1.29, 1.82) is 0 Å². The minimum absolute atomic E-state index is 0.0579. The molecule has 1 aliphatic rings. The van der Waals surface area contributed by atoms with Gasteiger partial charge < -0.3 is 9.32 Å². The highest BCUT2D eigenvalue weighted by Crippen LogP contribution is 2.51. The Balaban J connectivity index is 1.23. The lowest BCUT2D eigenvalue weighted by Crippen LogP contribution is -2.15. The average molecular weight is 635 g/mol. The quantitative estimate of drug-likeness (QED) is 0.193.